The summed E-state index contributed by atoms with van der Waals surface area (Å²) in [5.41, 5.74) is 4.88. The summed E-state index contributed by atoms with van der Waals surface area (Å²) in [5, 5.41) is 9.18. The monoisotopic (exact) mass is 407 g/mol. The van der Waals surface area contributed by atoms with E-state index in [1.54, 1.807) is 6.07 Å². The largest absolute Gasteiger partial charge is 0.493 e. The molecule has 0 fully saturated rings. The number of allylic oxidation sites excluding steroid dienone is 1. The standard InChI is InChI=1S/C18H15F2N3O4S/c1-3-6-23-16(25)14(28-17(23)11(9-21)15(22)24)8-10-4-5-12(27-18(19)20)13(7-10)26-2/h3-5,7-8,18H,1,6H2,2H3,(H2,22,24). The average Bonchev–Trinajstić information content (AvgIpc) is 2.93. The molecule has 2 rings (SSSR count). The molecule has 0 radical (unpaired) electrons. The van der Waals surface area contributed by atoms with Gasteiger partial charge in [-0.3, -0.25) is 14.2 Å². The van der Waals surface area contributed by atoms with Crippen LogP contribution in [0.1, 0.15) is 5.56 Å². The molecular weight excluding hydrogens is 392 g/mol. The maximum Gasteiger partial charge on any atom is 0.387 e. The molecular formula is C18H15F2N3O4S. The first-order valence-electron chi connectivity index (χ1n) is 7.71. The number of ether oxygens (including phenoxy) is 2. The number of methoxy groups -OCH3 is 1. The number of rotatable bonds is 7. The average molecular weight is 407 g/mol. The number of carbonyl (C=O) groups is 1. The minimum atomic E-state index is -3.01. The van der Waals surface area contributed by atoms with Gasteiger partial charge in [0.05, 0.1) is 11.6 Å². The summed E-state index contributed by atoms with van der Waals surface area (Å²) in [6.07, 6.45) is 2.91. The number of nitrogens with zero attached hydrogens (tertiary/aromatic N) is 2. The van der Waals surface area contributed by atoms with Gasteiger partial charge in [0.25, 0.3) is 11.5 Å². The second kappa shape index (κ2) is 8.96. The van der Waals surface area contributed by atoms with E-state index in [1.807, 2.05) is 0 Å². The van der Waals surface area contributed by atoms with Crippen LogP contribution in [0.5, 0.6) is 11.5 Å². The van der Waals surface area contributed by atoms with Crippen molar-refractivity contribution in [2.45, 2.75) is 13.2 Å². The smallest absolute Gasteiger partial charge is 0.387 e. The first-order valence-corrected chi connectivity index (χ1v) is 8.53. The first-order chi connectivity index (χ1) is 13.3. The van der Waals surface area contributed by atoms with Gasteiger partial charge in [-0.15, -0.1) is 17.9 Å². The fraction of sp³-hybridized carbons (Fsp3) is 0.167. The van der Waals surface area contributed by atoms with Crippen LogP contribution >= 0.6 is 11.3 Å². The highest BCUT2D eigenvalue weighted by Gasteiger charge is 2.14. The summed E-state index contributed by atoms with van der Waals surface area (Å²) in [4.78, 5) is 24.2. The van der Waals surface area contributed by atoms with Gasteiger partial charge in [0.2, 0.25) is 0 Å². The van der Waals surface area contributed by atoms with E-state index < -0.39 is 18.1 Å². The van der Waals surface area contributed by atoms with Crippen molar-refractivity contribution in [3.05, 3.63) is 56.0 Å². The number of carbonyl (C=O) groups excluding carboxylic acids is 1. The lowest BCUT2D eigenvalue weighted by Crippen LogP contribution is -2.33. The number of thiazole rings is 1. The summed E-state index contributed by atoms with van der Waals surface area (Å²) in [6, 6.07) is 5.86. The van der Waals surface area contributed by atoms with Gasteiger partial charge in [0, 0.05) is 6.54 Å². The van der Waals surface area contributed by atoms with Crippen molar-refractivity contribution in [3.63, 3.8) is 0 Å². The zero-order valence-electron chi connectivity index (χ0n) is 14.6. The van der Waals surface area contributed by atoms with Crippen LogP contribution in [-0.2, 0) is 11.3 Å². The Morgan fingerprint density at radius 3 is 2.71 bits per heavy atom. The molecule has 0 atom stereocenters. The summed E-state index contributed by atoms with van der Waals surface area (Å²) >= 11 is 0.905. The Morgan fingerprint density at radius 1 is 1.46 bits per heavy atom. The molecule has 0 saturated heterocycles. The highest BCUT2D eigenvalue weighted by atomic mass is 32.1. The number of alkyl halides is 2. The van der Waals surface area contributed by atoms with Crippen molar-refractivity contribution in [1.82, 2.24) is 4.57 Å². The zero-order valence-corrected chi connectivity index (χ0v) is 15.5. The highest BCUT2D eigenvalue weighted by Crippen LogP contribution is 2.29. The molecule has 0 saturated carbocycles. The third kappa shape index (κ3) is 4.44. The number of halogens is 2. The van der Waals surface area contributed by atoms with Crippen LogP contribution in [0, 0.1) is 11.3 Å². The molecule has 1 aromatic carbocycles. The van der Waals surface area contributed by atoms with E-state index in [2.05, 4.69) is 11.3 Å². The minimum absolute atomic E-state index is 0.0543. The molecule has 1 amide bonds. The van der Waals surface area contributed by atoms with E-state index >= 15 is 0 Å². The minimum Gasteiger partial charge on any atom is -0.493 e. The van der Waals surface area contributed by atoms with Crippen LogP contribution in [0.4, 0.5) is 8.78 Å². The Hall–Kier alpha value is -3.45. The van der Waals surface area contributed by atoms with Crippen molar-refractivity contribution in [1.29, 1.82) is 5.26 Å². The number of benzene rings is 1. The molecule has 0 unspecified atom stereocenters. The van der Waals surface area contributed by atoms with Crippen LogP contribution < -0.4 is 30.0 Å². The molecule has 0 spiro atoms. The van der Waals surface area contributed by atoms with Gasteiger partial charge >= 0.3 is 6.61 Å². The Balaban J connectivity index is 2.71. The van der Waals surface area contributed by atoms with Gasteiger partial charge in [-0.1, -0.05) is 12.1 Å². The summed E-state index contributed by atoms with van der Waals surface area (Å²) < 4.78 is 35.8. The predicted octanol–water partition coefficient (Wildman–Crippen LogP) is 0.694. The molecule has 0 aliphatic heterocycles. The molecule has 0 aliphatic rings. The normalized spacial score (nSPS) is 12.5. The molecule has 0 aliphatic carbocycles. The van der Waals surface area contributed by atoms with Crippen LogP contribution in [0.2, 0.25) is 0 Å². The first kappa shape index (κ1) is 20.9. The van der Waals surface area contributed by atoms with Crippen LogP contribution in [0.25, 0.3) is 11.6 Å². The van der Waals surface area contributed by atoms with Crippen molar-refractivity contribution >= 4 is 28.9 Å². The van der Waals surface area contributed by atoms with Crippen LogP contribution in [0.15, 0.2) is 35.6 Å². The number of primary amides is 1. The lowest BCUT2D eigenvalue weighted by atomic mass is 10.2. The Morgan fingerprint density at radius 2 is 2.18 bits per heavy atom. The van der Waals surface area contributed by atoms with E-state index in [-0.39, 0.29) is 32.8 Å². The molecule has 2 aromatic rings. The molecule has 2 N–H and O–H groups in total. The maximum atomic E-state index is 12.7. The molecule has 28 heavy (non-hydrogen) atoms. The highest BCUT2D eigenvalue weighted by molar-refractivity contribution is 7.07. The fourth-order valence-electron chi connectivity index (χ4n) is 2.33. The lowest BCUT2D eigenvalue weighted by Gasteiger charge is -2.09. The third-order valence-electron chi connectivity index (χ3n) is 3.49. The molecule has 7 nitrogen and oxygen atoms in total. The summed E-state index contributed by atoms with van der Waals surface area (Å²) in [7, 11) is 1.29. The summed E-state index contributed by atoms with van der Waals surface area (Å²) in [6.45, 7) is 0.612. The van der Waals surface area contributed by atoms with Crippen LogP contribution in [0.3, 0.4) is 0 Å². The predicted molar refractivity (Wildman–Crippen MR) is 99.4 cm³/mol. The Labute approximate surface area is 161 Å². The second-order valence-electron chi connectivity index (χ2n) is 5.26. The second-order valence-corrected chi connectivity index (χ2v) is 6.29. The fourth-order valence-corrected chi connectivity index (χ4v) is 3.44. The van der Waals surface area contributed by atoms with Crippen molar-refractivity contribution in [3.8, 4) is 17.6 Å². The van der Waals surface area contributed by atoms with Gasteiger partial charge in [-0.25, -0.2) is 0 Å². The van der Waals surface area contributed by atoms with E-state index in [4.69, 9.17) is 10.5 Å². The van der Waals surface area contributed by atoms with Gasteiger partial charge in [-0.2, -0.15) is 14.0 Å². The number of amides is 1. The zero-order chi connectivity index (χ0) is 20.8. The Kier molecular flexibility index (Phi) is 6.68. The summed E-state index contributed by atoms with van der Waals surface area (Å²) in [5.74, 6) is -1.05. The number of nitrogens with two attached hydrogens (primary N) is 1. The van der Waals surface area contributed by atoms with Gasteiger partial charge < -0.3 is 15.2 Å². The maximum absolute atomic E-state index is 12.7. The van der Waals surface area contributed by atoms with Crippen molar-refractivity contribution in [2.75, 3.05) is 7.11 Å². The van der Waals surface area contributed by atoms with Gasteiger partial charge in [-0.05, 0) is 23.8 Å². The van der Waals surface area contributed by atoms with E-state index in [0.29, 0.717) is 5.56 Å². The molecule has 0 bridgehead atoms. The molecule has 1 heterocycles. The third-order valence-corrected chi connectivity index (χ3v) is 4.62. The molecule has 146 valence electrons. The van der Waals surface area contributed by atoms with Crippen molar-refractivity contribution < 1.29 is 23.0 Å². The number of aromatic nitrogens is 1. The quantitative estimate of drug-likeness (QED) is 0.680. The van der Waals surface area contributed by atoms with E-state index in [9.17, 15) is 23.6 Å². The van der Waals surface area contributed by atoms with Gasteiger partial charge in [0.15, 0.2) is 17.1 Å². The van der Waals surface area contributed by atoms with E-state index in [0.717, 1.165) is 11.3 Å². The molecule has 1 aromatic heterocycles. The number of hydrogen-bond acceptors (Lipinski definition) is 6. The topological polar surface area (TPSA) is 107 Å². The van der Waals surface area contributed by atoms with Crippen LogP contribution in [-0.4, -0.2) is 24.2 Å². The van der Waals surface area contributed by atoms with Gasteiger partial charge in [0.1, 0.15) is 10.7 Å². The van der Waals surface area contributed by atoms with E-state index in [1.165, 1.54) is 42.0 Å². The lowest BCUT2D eigenvalue weighted by molar-refractivity contribution is -0.112. The number of hydrogen-bond donors (Lipinski definition) is 1. The van der Waals surface area contributed by atoms with Crippen molar-refractivity contribution in [2.24, 2.45) is 5.73 Å². The SMILES string of the molecule is C=CCn1c(=C(C#N)C(N)=O)sc(=Cc2ccc(OC(F)F)c(OC)c2)c1=O. The molecule has 10 heteroatoms. The number of nitriles is 1. The Bertz CT molecular complexity index is 1130.